The van der Waals surface area contributed by atoms with Crippen molar-refractivity contribution in [3.8, 4) is 0 Å². The molecule has 1 aliphatic carbocycles. The van der Waals surface area contributed by atoms with Crippen molar-refractivity contribution in [3.63, 3.8) is 0 Å². The molecule has 0 bridgehead atoms. The molecule has 0 aliphatic heterocycles. The normalized spacial score (nSPS) is 16.5. The lowest BCUT2D eigenvalue weighted by molar-refractivity contribution is 0.634. The molecule has 2 aromatic heterocycles. The Morgan fingerprint density at radius 1 is 1.37 bits per heavy atom. The first-order chi connectivity index (χ1) is 9.08. The van der Waals surface area contributed by atoms with Crippen molar-refractivity contribution in [1.82, 2.24) is 9.55 Å². The molecule has 0 saturated carbocycles. The van der Waals surface area contributed by atoms with Gasteiger partial charge >= 0.3 is 5.69 Å². The summed E-state index contributed by atoms with van der Waals surface area (Å²) in [6, 6.07) is 0. The Labute approximate surface area is 119 Å². The number of aryl methyl sites for hydroxylation is 2. The molecule has 1 atom stereocenters. The molecule has 4 nitrogen and oxygen atoms in total. The summed E-state index contributed by atoms with van der Waals surface area (Å²) in [7, 11) is 0. The van der Waals surface area contributed by atoms with Crippen molar-refractivity contribution >= 4 is 34.2 Å². The van der Waals surface area contributed by atoms with Gasteiger partial charge in [-0.15, -0.1) is 11.3 Å². The largest absolute Gasteiger partial charge is 0.329 e. The number of thiophene rings is 1. The van der Waals surface area contributed by atoms with Crippen molar-refractivity contribution in [1.29, 1.82) is 0 Å². The molecular weight excluding hydrogens is 280 g/mol. The number of aromatic amines is 1. The van der Waals surface area contributed by atoms with Gasteiger partial charge in [0.1, 0.15) is 4.83 Å². The topological polar surface area (TPSA) is 54.9 Å². The molecule has 1 N–H and O–H groups in total. The van der Waals surface area contributed by atoms with Crippen molar-refractivity contribution in [2.75, 3.05) is 0 Å². The lowest BCUT2D eigenvalue weighted by Crippen LogP contribution is -2.36. The van der Waals surface area contributed by atoms with Crippen LogP contribution in [0.3, 0.4) is 0 Å². The lowest BCUT2D eigenvalue weighted by Gasteiger charge is -2.11. The van der Waals surface area contributed by atoms with Crippen LogP contribution in [-0.2, 0) is 19.4 Å². The molecule has 0 fully saturated rings. The van der Waals surface area contributed by atoms with Crippen LogP contribution in [0.15, 0.2) is 9.59 Å². The van der Waals surface area contributed by atoms with Gasteiger partial charge in [0.2, 0.25) is 0 Å². The average molecular weight is 296 g/mol. The van der Waals surface area contributed by atoms with Crippen LogP contribution in [0.1, 0.15) is 30.2 Å². The van der Waals surface area contributed by atoms with Gasteiger partial charge in [0.15, 0.2) is 0 Å². The zero-order valence-electron chi connectivity index (χ0n) is 10.7. The molecule has 1 unspecified atom stereocenters. The predicted molar refractivity (Wildman–Crippen MR) is 81.8 cm³/mol. The van der Waals surface area contributed by atoms with Crippen molar-refractivity contribution in [2.24, 2.45) is 0 Å². The third kappa shape index (κ3) is 2.17. The Bertz CT molecular complexity index is 739. The third-order valence-corrected chi connectivity index (χ3v) is 4.91. The van der Waals surface area contributed by atoms with Gasteiger partial charge in [0, 0.05) is 16.7 Å². The van der Waals surface area contributed by atoms with Gasteiger partial charge in [0.05, 0.1) is 5.39 Å². The SMILES string of the molecule is CC(S)Cn1c(=O)[nH]c2sc3c(c2c1=O)CCCC3. The molecule has 0 radical (unpaired) electrons. The van der Waals surface area contributed by atoms with Crippen LogP contribution < -0.4 is 11.2 Å². The van der Waals surface area contributed by atoms with E-state index >= 15 is 0 Å². The third-order valence-electron chi connectivity index (χ3n) is 3.54. The van der Waals surface area contributed by atoms with Crippen LogP contribution in [0.4, 0.5) is 0 Å². The summed E-state index contributed by atoms with van der Waals surface area (Å²) in [6.45, 7) is 2.22. The number of hydrogen-bond donors (Lipinski definition) is 2. The fourth-order valence-electron chi connectivity index (χ4n) is 2.70. The van der Waals surface area contributed by atoms with Crippen LogP contribution in [0.2, 0.25) is 0 Å². The highest BCUT2D eigenvalue weighted by Crippen LogP contribution is 2.32. The summed E-state index contributed by atoms with van der Waals surface area (Å²) >= 11 is 5.84. The molecule has 0 amide bonds. The lowest BCUT2D eigenvalue weighted by atomic mass is 9.97. The number of nitrogens with one attached hydrogen (secondary N) is 1. The minimum absolute atomic E-state index is 0.0225. The molecule has 1 aliphatic rings. The Hall–Kier alpha value is -1.01. The van der Waals surface area contributed by atoms with Crippen molar-refractivity contribution in [3.05, 3.63) is 31.3 Å². The Kier molecular flexibility index (Phi) is 3.30. The van der Waals surface area contributed by atoms with Gasteiger partial charge in [-0.05, 0) is 31.2 Å². The minimum atomic E-state index is -0.322. The minimum Gasteiger partial charge on any atom is -0.298 e. The quantitative estimate of drug-likeness (QED) is 0.832. The fraction of sp³-hybridized carbons (Fsp3) is 0.538. The smallest absolute Gasteiger partial charge is 0.298 e. The predicted octanol–water partition coefficient (Wildman–Crippen LogP) is 1.95. The average Bonchev–Trinajstić information content (AvgIpc) is 2.72. The van der Waals surface area contributed by atoms with E-state index < -0.39 is 0 Å². The zero-order valence-corrected chi connectivity index (χ0v) is 12.4. The first kappa shape index (κ1) is 13.0. The Morgan fingerprint density at radius 3 is 2.84 bits per heavy atom. The Balaban J connectivity index is 2.30. The van der Waals surface area contributed by atoms with E-state index in [-0.39, 0.29) is 16.5 Å². The van der Waals surface area contributed by atoms with E-state index in [0.717, 1.165) is 35.0 Å². The van der Waals surface area contributed by atoms with Gasteiger partial charge < -0.3 is 0 Å². The molecule has 2 aromatic rings. The van der Waals surface area contributed by atoms with E-state index in [2.05, 4.69) is 17.6 Å². The fourth-order valence-corrected chi connectivity index (χ4v) is 4.14. The summed E-state index contributed by atoms with van der Waals surface area (Å²) in [6.07, 6.45) is 4.28. The Morgan fingerprint density at radius 2 is 2.11 bits per heavy atom. The number of rotatable bonds is 2. The highest BCUT2D eigenvalue weighted by Gasteiger charge is 2.20. The molecule has 3 rings (SSSR count). The monoisotopic (exact) mass is 296 g/mol. The number of aromatic nitrogens is 2. The van der Waals surface area contributed by atoms with Gasteiger partial charge in [-0.3, -0.25) is 14.3 Å². The molecule has 0 spiro atoms. The van der Waals surface area contributed by atoms with E-state index in [1.165, 1.54) is 15.9 Å². The summed E-state index contributed by atoms with van der Waals surface area (Å²) in [4.78, 5) is 29.4. The molecule has 0 aromatic carbocycles. The van der Waals surface area contributed by atoms with E-state index in [1.54, 1.807) is 11.3 Å². The number of thiol groups is 1. The van der Waals surface area contributed by atoms with Gasteiger partial charge in [-0.2, -0.15) is 12.6 Å². The van der Waals surface area contributed by atoms with E-state index in [0.29, 0.717) is 6.54 Å². The van der Waals surface area contributed by atoms with Crippen LogP contribution in [0.25, 0.3) is 10.2 Å². The second kappa shape index (κ2) is 4.83. The molecule has 19 heavy (non-hydrogen) atoms. The molecule has 102 valence electrons. The number of fused-ring (bicyclic) bond motifs is 3. The highest BCUT2D eigenvalue weighted by atomic mass is 32.1. The van der Waals surface area contributed by atoms with E-state index in [4.69, 9.17) is 0 Å². The summed E-state index contributed by atoms with van der Waals surface area (Å²) < 4.78 is 1.28. The standard InChI is InChI=1S/C13H16N2O2S2/c1-7(18)6-15-12(16)10-8-4-2-3-5-9(8)19-11(10)14-13(15)17/h7,18H,2-6H2,1H3,(H,14,17). The number of nitrogens with zero attached hydrogens (tertiary/aromatic N) is 1. The number of hydrogen-bond acceptors (Lipinski definition) is 4. The van der Waals surface area contributed by atoms with E-state index in [9.17, 15) is 9.59 Å². The zero-order chi connectivity index (χ0) is 13.6. The van der Waals surface area contributed by atoms with Crippen LogP contribution >= 0.6 is 24.0 Å². The van der Waals surface area contributed by atoms with Gasteiger partial charge in [-0.1, -0.05) is 6.92 Å². The maximum absolute atomic E-state index is 12.5. The van der Waals surface area contributed by atoms with Gasteiger partial charge in [-0.25, -0.2) is 4.79 Å². The van der Waals surface area contributed by atoms with Crippen molar-refractivity contribution < 1.29 is 0 Å². The summed E-state index contributed by atoms with van der Waals surface area (Å²) in [5, 5.41) is 0.707. The van der Waals surface area contributed by atoms with Crippen molar-refractivity contribution in [2.45, 2.75) is 44.4 Å². The number of H-pyrrole nitrogens is 1. The van der Waals surface area contributed by atoms with E-state index in [1.807, 2.05) is 6.92 Å². The first-order valence-corrected chi connectivity index (χ1v) is 7.86. The molecule has 2 heterocycles. The van der Waals surface area contributed by atoms with Crippen LogP contribution in [0.5, 0.6) is 0 Å². The second-order valence-electron chi connectivity index (χ2n) is 5.11. The highest BCUT2D eigenvalue weighted by molar-refractivity contribution is 7.80. The summed E-state index contributed by atoms with van der Waals surface area (Å²) in [5.41, 5.74) is 0.684. The molecule has 0 saturated heterocycles. The second-order valence-corrected chi connectivity index (χ2v) is 7.10. The van der Waals surface area contributed by atoms with Crippen LogP contribution in [-0.4, -0.2) is 14.8 Å². The molecule has 6 heteroatoms. The molecular formula is C13H16N2O2S2. The maximum atomic E-state index is 12.5. The van der Waals surface area contributed by atoms with Crippen LogP contribution in [0, 0.1) is 0 Å². The summed E-state index contributed by atoms with van der Waals surface area (Å²) in [5.74, 6) is 0. The maximum Gasteiger partial charge on any atom is 0.329 e. The first-order valence-electron chi connectivity index (χ1n) is 6.53. The van der Waals surface area contributed by atoms with Gasteiger partial charge in [0.25, 0.3) is 5.56 Å².